The molecule has 140 valence electrons. The van der Waals surface area contributed by atoms with E-state index in [-0.39, 0.29) is 0 Å². The van der Waals surface area contributed by atoms with Gasteiger partial charge < -0.3 is 19.5 Å². The molecule has 0 saturated heterocycles. The predicted octanol–water partition coefficient (Wildman–Crippen LogP) is 3.58. The van der Waals surface area contributed by atoms with Gasteiger partial charge in [0.1, 0.15) is 17.1 Å². The summed E-state index contributed by atoms with van der Waals surface area (Å²) in [5.74, 6) is -0.866. The van der Waals surface area contributed by atoms with Crippen LogP contribution in [-0.4, -0.2) is 44.8 Å². The summed E-state index contributed by atoms with van der Waals surface area (Å²) in [5, 5.41) is 17.6. The zero-order valence-corrected chi connectivity index (χ0v) is 16.1. The van der Waals surface area contributed by atoms with Crippen molar-refractivity contribution in [1.82, 2.24) is 14.5 Å². The van der Waals surface area contributed by atoms with E-state index in [9.17, 15) is 0 Å². The summed E-state index contributed by atoms with van der Waals surface area (Å²) in [6.45, 7) is 6.48. The van der Waals surface area contributed by atoms with Gasteiger partial charge in [-0.15, -0.1) is 6.58 Å². The molecule has 1 aliphatic rings. The Hall–Kier alpha value is -1.47. The van der Waals surface area contributed by atoms with Gasteiger partial charge in [0.25, 0.3) is 0 Å². The van der Waals surface area contributed by atoms with Crippen LogP contribution < -0.4 is 0 Å². The molecule has 6 nitrogen and oxygen atoms in total. The standard InChI is InChI=1S/C13H14ClN3.C3H8O2.C2H6O/c1-2-9-3-4-10(7-9)17-6-5-11-12(14)15-8-16-13(11)17;1-3(2,4)5;1-3-2/h2,5-6,8-10H,1,3-4,7H2;4-5H,1-2H3;1-2H3. The molecule has 2 heterocycles. The highest BCUT2D eigenvalue weighted by atomic mass is 35.5. The first-order valence-electron chi connectivity index (χ1n) is 8.15. The summed E-state index contributed by atoms with van der Waals surface area (Å²) in [6, 6.07) is 2.51. The van der Waals surface area contributed by atoms with Gasteiger partial charge in [0.05, 0.1) is 5.39 Å². The third-order valence-electron chi connectivity index (χ3n) is 3.63. The number of hydrogen-bond donors (Lipinski definition) is 2. The largest absolute Gasteiger partial charge is 0.388 e. The molecule has 0 amide bonds. The number of nitrogens with zero attached hydrogens (tertiary/aromatic N) is 3. The van der Waals surface area contributed by atoms with E-state index in [1.807, 2.05) is 6.07 Å². The second kappa shape index (κ2) is 9.87. The van der Waals surface area contributed by atoms with Crippen LogP contribution in [0.1, 0.15) is 39.2 Å². The minimum Gasteiger partial charge on any atom is -0.388 e. The van der Waals surface area contributed by atoms with Crippen molar-refractivity contribution in [3.63, 3.8) is 0 Å². The molecule has 2 N–H and O–H groups in total. The van der Waals surface area contributed by atoms with Crippen molar-refractivity contribution < 1.29 is 14.9 Å². The van der Waals surface area contributed by atoms with Crippen LogP contribution in [0.3, 0.4) is 0 Å². The third kappa shape index (κ3) is 7.12. The number of aliphatic hydroxyl groups is 2. The molecule has 0 radical (unpaired) electrons. The van der Waals surface area contributed by atoms with Gasteiger partial charge in [-0.2, -0.15) is 0 Å². The second-order valence-electron chi connectivity index (χ2n) is 6.49. The van der Waals surface area contributed by atoms with Gasteiger partial charge in [-0.25, -0.2) is 9.97 Å². The number of allylic oxidation sites excluding steroid dienone is 1. The lowest BCUT2D eigenvalue weighted by Crippen LogP contribution is -2.15. The van der Waals surface area contributed by atoms with Gasteiger partial charge in [0.2, 0.25) is 0 Å². The molecule has 0 spiro atoms. The number of ether oxygens (including phenoxy) is 1. The molecule has 1 saturated carbocycles. The van der Waals surface area contributed by atoms with Crippen molar-refractivity contribution in [2.75, 3.05) is 14.2 Å². The Kier molecular flexibility index (Phi) is 8.52. The quantitative estimate of drug-likeness (QED) is 0.480. The van der Waals surface area contributed by atoms with E-state index in [2.05, 4.69) is 38.1 Å². The molecule has 2 aromatic rings. The predicted molar refractivity (Wildman–Crippen MR) is 101 cm³/mol. The van der Waals surface area contributed by atoms with Crippen molar-refractivity contribution in [2.24, 2.45) is 5.92 Å². The highest BCUT2D eigenvalue weighted by Crippen LogP contribution is 2.37. The lowest BCUT2D eigenvalue weighted by atomic mass is 10.1. The Bertz CT molecular complexity index is 661. The molecule has 1 aliphatic carbocycles. The number of aromatic nitrogens is 3. The van der Waals surface area contributed by atoms with Gasteiger partial charge in [0.15, 0.2) is 5.79 Å². The fraction of sp³-hybridized carbons (Fsp3) is 0.556. The van der Waals surface area contributed by atoms with E-state index in [0.29, 0.717) is 17.1 Å². The average molecular weight is 370 g/mol. The lowest BCUT2D eigenvalue weighted by molar-refractivity contribution is -0.127. The van der Waals surface area contributed by atoms with Gasteiger partial charge in [-0.3, -0.25) is 0 Å². The summed E-state index contributed by atoms with van der Waals surface area (Å²) in [7, 11) is 3.25. The summed E-state index contributed by atoms with van der Waals surface area (Å²) >= 11 is 6.05. The molecule has 1 fully saturated rings. The van der Waals surface area contributed by atoms with Gasteiger partial charge in [-0.1, -0.05) is 17.7 Å². The molecule has 7 heteroatoms. The van der Waals surface area contributed by atoms with Crippen molar-refractivity contribution in [1.29, 1.82) is 0 Å². The minimum atomic E-state index is -1.50. The van der Waals surface area contributed by atoms with E-state index < -0.39 is 5.79 Å². The molecule has 0 aromatic carbocycles. The minimum absolute atomic E-state index is 0.515. The van der Waals surface area contributed by atoms with E-state index in [0.717, 1.165) is 17.5 Å². The summed E-state index contributed by atoms with van der Waals surface area (Å²) in [6.07, 6.45) is 9.21. The van der Waals surface area contributed by atoms with Crippen LogP contribution >= 0.6 is 11.6 Å². The number of halogens is 1. The van der Waals surface area contributed by atoms with Gasteiger partial charge in [0, 0.05) is 26.5 Å². The van der Waals surface area contributed by atoms with Crippen LogP contribution in [0.4, 0.5) is 0 Å². The van der Waals surface area contributed by atoms with Crippen molar-refractivity contribution in [3.05, 3.63) is 36.4 Å². The first kappa shape index (κ1) is 21.6. The fourth-order valence-corrected chi connectivity index (χ4v) is 2.88. The van der Waals surface area contributed by atoms with E-state index in [4.69, 9.17) is 21.8 Å². The third-order valence-corrected chi connectivity index (χ3v) is 3.93. The molecule has 0 bridgehead atoms. The number of rotatable bonds is 2. The van der Waals surface area contributed by atoms with Crippen molar-refractivity contribution in [2.45, 2.75) is 44.9 Å². The van der Waals surface area contributed by atoms with E-state index >= 15 is 0 Å². The fourth-order valence-electron chi connectivity index (χ4n) is 2.69. The Balaban J connectivity index is 0.000000333. The normalized spacial score (nSPS) is 19.6. The van der Waals surface area contributed by atoms with Crippen LogP contribution in [0.25, 0.3) is 11.0 Å². The Morgan fingerprint density at radius 2 is 1.92 bits per heavy atom. The maximum absolute atomic E-state index is 8.08. The molecular formula is C18H28ClN3O3. The summed E-state index contributed by atoms with van der Waals surface area (Å²) in [4.78, 5) is 8.34. The molecule has 3 rings (SSSR count). The maximum Gasteiger partial charge on any atom is 0.156 e. The molecule has 2 unspecified atom stereocenters. The summed E-state index contributed by atoms with van der Waals surface area (Å²) < 4.78 is 6.48. The number of hydrogen-bond acceptors (Lipinski definition) is 5. The first-order valence-corrected chi connectivity index (χ1v) is 8.53. The summed E-state index contributed by atoms with van der Waals surface area (Å²) in [5.41, 5.74) is 0.944. The molecule has 25 heavy (non-hydrogen) atoms. The average Bonchev–Trinajstić information content (AvgIpc) is 3.13. The SMILES string of the molecule is C=CC1CCC(n2ccc3c(Cl)ncnc32)C1.CC(C)(O)O.COC. The van der Waals surface area contributed by atoms with Crippen molar-refractivity contribution in [3.8, 4) is 0 Å². The molecular weight excluding hydrogens is 342 g/mol. The Morgan fingerprint density at radius 1 is 1.32 bits per heavy atom. The number of fused-ring (bicyclic) bond motifs is 1. The highest BCUT2D eigenvalue weighted by molar-refractivity contribution is 6.33. The maximum atomic E-state index is 8.08. The van der Waals surface area contributed by atoms with Crippen LogP contribution in [0.15, 0.2) is 31.2 Å². The van der Waals surface area contributed by atoms with Gasteiger partial charge >= 0.3 is 0 Å². The zero-order valence-electron chi connectivity index (χ0n) is 15.3. The van der Waals surface area contributed by atoms with E-state index in [1.54, 1.807) is 14.2 Å². The Labute approximate surface area is 154 Å². The molecule has 2 aromatic heterocycles. The zero-order chi connectivity index (χ0) is 19.0. The Morgan fingerprint density at radius 3 is 2.44 bits per heavy atom. The highest BCUT2D eigenvalue weighted by Gasteiger charge is 2.25. The van der Waals surface area contributed by atoms with Gasteiger partial charge in [-0.05, 0) is 45.1 Å². The van der Waals surface area contributed by atoms with Crippen LogP contribution in [-0.2, 0) is 4.74 Å². The topological polar surface area (TPSA) is 80.4 Å². The molecule has 0 aliphatic heterocycles. The van der Waals surface area contributed by atoms with Crippen LogP contribution in [0.2, 0.25) is 5.15 Å². The molecule has 2 atom stereocenters. The van der Waals surface area contributed by atoms with Crippen LogP contribution in [0, 0.1) is 5.92 Å². The smallest absolute Gasteiger partial charge is 0.156 e. The van der Waals surface area contributed by atoms with Crippen LogP contribution in [0.5, 0.6) is 0 Å². The first-order chi connectivity index (χ1) is 11.7. The van der Waals surface area contributed by atoms with E-state index in [1.165, 1.54) is 33.0 Å². The number of methoxy groups -OCH3 is 1. The van der Waals surface area contributed by atoms with Crippen molar-refractivity contribution >= 4 is 22.6 Å². The second-order valence-corrected chi connectivity index (χ2v) is 6.85. The lowest BCUT2D eigenvalue weighted by Gasteiger charge is -2.13. The monoisotopic (exact) mass is 369 g/mol.